The van der Waals surface area contributed by atoms with Crippen LogP contribution in [0.2, 0.25) is 0 Å². The summed E-state index contributed by atoms with van der Waals surface area (Å²) in [5.41, 5.74) is 4.95. The molecule has 1 heterocycles. The molecule has 284 valence electrons. The Morgan fingerprint density at radius 2 is 1.51 bits per heavy atom. The molecule has 0 spiro atoms. The van der Waals surface area contributed by atoms with Crippen LogP contribution in [0.15, 0.2) is 103 Å². The third-order valence-electron chi connectivity index (χ3n) is 10.6. The maximum atomic E-state index is 13.4. The predicted molar refractivity (Wildman–Crippen MR) is 212 cm³/mol. The number of aliphatic hydroxyl groups excluding tert-OH is 1. The molecule has 53 heavy (non-hydrogen) atoms. The van der Waals surface area contributed by atoms with Crippen LogP contribution >= 0.6 is 12.4 Å². The zero-order valence-corrected chi connectivity index (χ0v) is 31.9. The summed E-state index contributed by atoms with van der Waals surface area (Å²) in [6, 6.07) is 33.5. The van der Waals surface area contributed by atoms with E-state index in [2.05, 4.69) is 83.5 Å². The zero-order chi connectivity index (χ0) is 36.8. The molecule has 4 N–H and O–H groups in total. The van der Waals surface area contributed by atoms with Gasteiger partial charge in [-0.1, -0.05) is 85.3 Å². The number of ether oxygens (including phenoxy) is 1. The van der Waals surface area contributed by atoms with Crippen molar-refractivity contribution < 1.29 is 23.8 Å². The second-order valence-electron chi connectivity index (χ2n) is 14.2. The number of rotatable bonds is 19. The fraction of sp³-hybridized carbons (Fsp3) is 0.409. The topological polar surface area (TPSA) is 99.7 Å². The van der Waals surface area contributed by atoms with Crippen molar-refractivity contribution in [1.29, 1.82) is 0 Å². The van der Waals surface area contributed by atoms with Crippen LogP contribution < -0.4 is 20.7 Å². The molecule has 0 fully saturated rings. The highest BCUT2D eigenvalue weighted by Crippen LogP contribution is 2.44. The molecule has 1 aliphatic heterocycles. The normalized spacial score (nSPS) is 16.6. The molecular formula is C44H55ClFN3O4. The standard InChI is InChI=1S/C44H54FN3O4.ClH/c1-43(39-32-38(52-2)23-20-34(39)31-40(48-43)42(51)47-28-9-10-30-49)25-11-26-44(35-13-5-3-6-14-35,36-15-7-4-8-16-36)27-12-29-46-41(50)24-19-33-17-21-37(45)22-18-33;/h3-8,13-18,20-23,32,40,48-49H,9-12,19,24-31H2,1-2H3,(H,46,50)(H,47,51);1H. The zero-order valence-electron chi connectivity index (χ0n) is 31.0. The molecule has 9 heteroatoms. The monoisotopic (exact) mass is 743 g/mol. The van der Waals surface area contributed by atoms with Crippen LogP contribution in [0.1, 0.15) is 86.1 Å². The van der Waals surface area contributed by atoms with E-state index < -0.39 is 5.54 Å². The number of aliphatic hydroxyl groups is 1. The average Bonchev–Trinajstić information content (AvgIpc) is 3.17. The highest BCUT2D eigenvalue weighted by atomic mass is 35.5. The van der Waals surface area contributed by atoms with Gasteiger partial charge >= 0.3 is 0 Å². The summed E-state index contributed by atoms with van der Waals surface area (Å²) in [6.07, 6.45) is 7.08. The highest BCUT2D eigenvalue weighted by molar-refractivity contribution is 5.85. The molecule has 2 atom stereocenters. The first kappa shape index (κ1) is 41.5. The van der Waals surface area contributed by atoms with Gasteiger partial charge in [0.1, 0.15) is 11.6 Å². The Labute approximate surface area is 320 Å². The lowest BCUT2D eigenvalue weighted by Gasteiger charge is -2.42. The second kappa shape index (κ2) is 20.3. The number of amides is 2. The maximum Gasteiger partial charge on any atom is 0.237 e. The first-order chi connectivity index (χ1) is 25.3. The lowest BCUT2D eigenvalue weighted by Crippen LogP contribution is -2.57. The number of halogens is 2. The number of benzene rings is 4. The molecule has 0 aromatic heterocycles. The van der Waals surface area contributed by atoms with Gasteiger partial charge in [-0.05, 0) is 110 Å². The van der Waals surface area contributed by atoms with Gasteiger partial charge in [-0.2, -0.15) is 0 Å². The van der Waals surface area contributed by atoms with Crippen LogP contribution in [0.3, 0.4) is 0 Å². The maximum absolute atomic E-state index is 13.4. The van der Waals surface area contributed by atoms with Crippen molar-refractivity contribution in [2.24, 2.45) is 0 Å². The van der Waals surface area contributed by atoms with Gasteiger partial charge in [0.15, 0.2) is 0 Å². The average molecular weight is 744 g/mol. The minimum absolute atomic E-state index is 0. The van der Waals surface area contributed by atoms with Gasteiger partial charge in [-0.3, -0.25) is 14.9 Å². The first-order valence-corrected chi connectivity index (χ1v) is 18.7. The van der Waals surface area contributed by atoms with E-state index in [1.165, 1.54) is 23.3 Å². The SMILES string of the molecule is COc1ccc2c(c1)C(C)(CCCC(CCCNC(=O)CCc1ccc(F)cc1)(c1ccccc1)c1ccccc1)NC(C(=O)NCCCCO)C2.Cl. The Morgan fingerprint density at radius 1 is 0.868 bits per heavy atom. The number of fused-ring (bicyclic) bond motifs is 1. The Morgan fingerprint density at radius 3 is 2.15 bits per heavy atom. The summed E-state index contributed by atoms with van der Waals surface area (Å²) in [6.45, 7) is 3.41. The van der Waals surface area contributed by atoms with E-state index in [-0.39, 0.29) is 48.1 Å². The number of carbonyl (C=O) groups is 2. The third kappa shape index (κ3) is 11.1. The molecule has 0 saturated heterocycles. The van der Waals surface area contributed by atoms with Crippen molar-refractivity contribution in [3.8, 4) is 5.75 Å². The van der Waals surface area contributed by atoms with Crippen LogP contribution in [0.25, 0.3) is 0 Å². The Balaban J connectivity index is 0.00000627. The predicted octanol–water partition coefficient (Wildman–Crippen LogP) is 7.56. The third-order valence-corrected chi connectivity index (χ3v) is 10.6. The Kier molecular flexibility index (Phi) is 15.9. The summed E-state index contributed by atoms with van der Waals surface area (Å²) >= 11 is 0. The molecule has 4 aromatic carbocycles. The fourth-order valence-corrected chi connectivity index (χ4v) is 7.79. The molecule has 0 radical (unpaired) electrons. The molecular weight excluding hydrogens is 689 g/mol. The van der Waals surface area contributed by atoms with Crippen LogP contribution in [-0.2, 0) is 33.4 Å². The minimum atomic E-state index is -0.479. The summed E-state index contributed by atoms with van der Waals surface area (Å²) in [5.74, 6) is 0.488. The Bertz CT molecular complexity index is 1680. The molecule has 4 aromatic rings. The van der Waals surface area contributed by atoms with Crippen LogP contribution in [0, 0.1) is 5.82 Å². The van der Waals surface area contributed by atoms with Gasteiger partial charge in [0.2, 0.25) is 11.8 Å². The quantitative estimate of drug-likeness (QED) is 0.0744. The van der Waals surface area contributed by atoms with Crippen molar-refractivity contribution in [3.63, 3.8) is 0 Å². The number of methoxy groups -OCH3 is 1. The lowest BCUT2D eigenvalue weighted by atomic mass is 9.67. The van der Waals surface area contributed by atoms with Crippen LogP contribution in [-0.4, -0.2) is 49.8 Å². The largest absolute Gasteiger partial charge is 0.497 e. The summed E-state index contributed by atoms with van der Waals surface area (Å²) in [4.78, 5) is 26.2. The second-order valence-corrected chi connectivity index (χ2v) is 14.2. The van der Waals surface area contributed by atoms with Gasteiger partial charge in [-0.25, -0.2) is 4.39 Å². The van der Waals surface area contributed by atoms with E-state index in [1.807, 2.05) is 18.2 Å². The molecule has 1 aliphatic rings. The minimum Gasteiger partial charge on any atom is -0.497 e. The van der Waals surface area contributed by atoms with Gasteiger partial charge in [0, 0.05) is 37.1 Å². The molecule has 2 unspecified atom stereocenters. The van der Waals surface area contributed by atoms with Crippen LogP contribution in [0.4, 0.5) is 4.39 Å². The smallest absolute Gasteiger partial charge is 0.237 e. The fourth-order valence-electron chi connectivity index (χ4n) is 7.79. The van der Waals surface area contributed by atoms with Crippen molar-refractivity contribution in [2.75, 3.05) is 26.8 Å². The van der Waals surface area contributed by atoms with E-state index in [9.17, 15) is 14.0 Å². The number of unbranched alkanes of at least 4 members (excludes halogenated alkanes) is 1. The van der Waals surface area contributed by atoms with E-state index in [0.717, 1.165) is 61.0 Å². The van der Waals surface area contributed by atoms with Crippen molar-refractivity contribution >= 4 is 24.2 Å². The van der Waals surface area contributed by atoms with E-state index >= 15 is 0 Å². The van der Waals surface area contributed by atoms with Gasteiger partial charge in [-0.15, -0.1) is 12.4 Å². The van der Waals surface area contributed by atoms with Crippen molar-refractivity contribution in [1.82, 2.24) is 16.0 Å². The van der Waals surface area contributed by atoms with E-state index in [0.29, 0.717) is 38.8 Å². The molecule has 2 amide bonds. The van der Waals surface area contributed by atoms with Crippen molar-refractivity contribution in [3.05, 3.63) is 137 Å². The van der Waals surface area contributed by atoms with Gasteiger partial charge in [0.25, 0.3) is 0 Å². The molecule has 7 nitrogen and oxygen atoms in total. The van der Waals surface area contributed by atoms with E-state index in [4.69, 9.17) is 9.84 Å². The number of nitrogens with one attached hydrogen (secondary N) is 3. The molecule has 5 rings (SSSR count). The van der Waals surface area contributed by atoms with Gasteiger partial charge < -0.3 is 20.5 Å². The number of hydrogen-bond acceptors (Lipinski definition) is 5. The number of carbonyl (C=O) groups excluding carboxylic acids is 2. The summed E-state index contributed by atoms with van der Waals surface area (Å²) in [7, 11) is 1.68. The van der Waals surface area contributed by atoms with Crippen LogP contribution in [0.5, 0.6) is 5.75 Å². The summed E-state index contributed by atoms with van der Waals surface area (Å²) < 4.78 is 18.9. The molecule has 0 bridgehead atoms. The number of hydrogen-bond donors (Lipinski definition) is 4. The lowest BCUT2D eigenvalue weighted by molar-refractivity contribution is -0.124. The molecule has 0 aliphatic carbocycles. The molecule has 0 saturated carbocycles. The Hall–Kier alpha value is -4.24. The first-order valence-electron chi connectivity index (χ1n) is 18.7. The summed E-state index contributed by atoms with van der Waals surface area (Å²) in [5, 5.41) is 19.1. The number of aryl methyl sites for hydroxylation is 1. The van der Waals surface area contributed by atoms with E-state index in [1.54, 1.807) is 19.2 Å². The van der Waals surface area contributed by atoms with Crippen molar-refractivity contribution in [2.45, 2.75) is 88.1 Å². The highest BCUT2D eigenvalue weighted by Gasteiger charge is 2.40. The van der Waals surface area contributed by atoms with Gasteiger partial charge in [0.05, 0.1) is 13.2 Å².